The molecule has 3 N–H and O–H groups in total. The van der Waals surface area contributed by atoms with Gasteiger partial charge in [-0.05, 0) is 42.1 Å². The summed E-state index contributed by atoms with van der Waals surface area (Å²) in [6.07, 6.45) is 3.67. The van der Waals surface area contributed by atoms with Crippen LogP contribution >= 0.6 is 23.8 Å². The van der Waals surface area contributed by atoms with Gasteiger partial charge in [-0.3, -0.25) is 0 Å². The number of phenolic OH excluding ortho intramolecular Hbond substituents is 1. The van der Waals surface area contributed by atoms with Gasteiger partial charge in [0.05, 0.1) is 5.02 Å². The molecule has 3 nitrogen and oxygen atoms in total. The van der Waals surface area contributed by atoms with Crippen molar-refractivity contribution < 1.29 is 5.11 Å². The number of rotatable bonds is 3. The van der Waals surface area contributed by atoms with Crippen LogP contribution in [0.4, 0.5) is 5.69 Å². The Bertz CT molecular complexity index is 629. The summed E-state index contributed by atoms with van der Waals surface area (Å²) in [5.74, 6) is 0.0417. The molecule has 5 heteroatoms. The number of anilines is 1. The van der Waals surface area contributed by atoms with E-state index in [1.807, 2.05) is 36.4 Å². The zero-order valence-electron chi connectivity index (χ0n) is 10.5. The lowest BCUT2D eigenvalue weighted by Gasteiger charge is -2.08. The fourth-order valence-electron chi connectivity index (χ4n) is 1.53. The Morgan fingerprint density at radius 2 is 1.90 bits per heavy atom. The molecule has 102 valence electrons. The first kappa shape index (κ1) is 14.4. The molecule has 0 unspecified atom stereocenters. The van der Waals surface area contributed by atoms with Gasteiger partial charge in [-0.15, -0.1) is 0 Å². The molecule has 0 aliphatic carbocycles. The molecule has 0 aromatic heterocycles. The van der Waals surface area contributed by atoms with Crippen LogP contribution < -0.4 is 10.6 Å². The van der Waals surface area contributed by atoms with E-state index in [4.69, 9.17) is 23.8 Å². The third-order valence-electron chi connectivity index (χ3n) is 2.50. The van der Waals surface area contributed by atoms with E-state index in [9.17, 15) is 5.11 Å². The maximum atomic E-state index is 9.33. The van der Waals surface area contributed by atoms with Gasteiger partial charge in [0, 0.05) is 11.9 Å². The number of aromatic hydroxyl groups is 1. The van der Waals surface area contributed by atoms with Gasteiger partial charge in [-0.25, -0.2) is 0 Å². The Balaban J connectivity index is 1.89. The molecule has 0 amide bonds. The minimum absolute atomic E-state index is 0.0417. The predicted octanol–water partition coefficient (Wildman–Crippen LogP) is 4.00. The van der Waals surface area contributed by atoms with Crippen LogP contribution in [0.2, 0.25) is 5.02 Å². The average molecular weight is 305 g/mol. The maximum Gasteiger partial charge on any atom is 0.174 e. The highest BCUT2D eigenvalue weighted by Gasteiger charge is 2.00. The Hall–Kier alpha value is -2.04. The first-order valence-electron chi connectivity index (χ1n) is 5.93. The lowest BCUT2D eigenvalue weighted by Crippen LogP contribution is -2.23. The molecule has 2 aromatic carbocycles. The van der Waals surface area contributed by atoms with Gasteiger partial charge in [-0.1, -0.05) is 41.9 Å². The standard InChI is InChI=1S/C15H13ClN2OS/c16-13-10-12(6-7-14(13)19)18-15(20)17-9-8-11-4-2-1-3-5-11/h1-10,19H,(H2,17,18,20). The number of halogens is 1. The van der Waals surface area contributed by atoms with Gasteiger partial charge in [0.2, 0.25) is 0 Å². The second-order valence-electron chi connectivity index (χ2n) is 4.01. The van der Waals surface area contributed by atoms with Gasteiger partial charge in [0.1, 0.15) is 5.75 Å². The van der Waals surface area contributed by atoms with Gasteiger partial charge >= 0.3 is 0 Å². The normalized spacial score (nSPS) is 10.4. The van der Waals surface area contributed by atoms with E-state index in [-0.39, 0.29) is 10.8 Å². The summed E-state index contributed by atoms with van der Waals surface area (Å²) in [5, 5.41) is 16.0. The van der Waals surface area contributed by atoms with Crippen molar-refractivity contribution in [2.24, 2.45) is 0 Å². The van der Waals surface area contributed by atoms with Crippen molar-refractivity contribution in [1.29, 1.82) is 0 Å². The third-order valence-corrected chi connectivity index (χ3v) is 3.02. The van der Waals surface area contributed by atoms with Crippen molar-refractivity contribution >= 4 is 40.7 Å². The molecular weight excluding hydrogens is 292 g/mol. The Kier molecular flexibility index (Phi) is 4.98. The highest BCUT2D eigenvalue weighted by Crippen LogP contribution is 2.25. The van der Waals surface area contributed by atoms with Crippen molar-refractivity contribution in [2.45, 2.75) is 0 Å². The summed E-state index contributed by atoms with van der Waals surface area (Å²) in [7, 11) is 0. The molecule has 0 saturated heterocycles. The Morgan fingerprint density at radius 1 is 1.15 bits per heavy atom. The Labute approximate surface area is 127 Å². The van der Waals surface area contributed by atoms with Crippen LogP contribution in [0.5, 0.6) is 5.75 Å². The second kappa shape index (κ2) is 6.93. The van der Waals surface area contributed by atoms with Crippen molar-refractivity contribution in [3.05, 3.63) is 65.3 Å². The molecule has 0 saturated carbocycles. The van der Waals surface area contributed by atoms with Crippen molar-refractivity contribution in [3.8, 4) is 5.75 Å². The summed E-state index contributed by atoms with van der Waals surface area (Å²) in [5.41, 5.74) is 1.79. The van der Waals surface area contributed by atoms with Crippen LogP contribution in [0.15, 0.2) is 54.7 Å². The zero-order valence-corrected chi connectivity index (χ0v) is 12.1. The smallest absolute Gasteiger partial charge is 0.174 e. The summed E-state index contributed by atoms with van der Waals surface area (Å²) in [6.45, 7) is 0. The van der Waals surface area contributed by atoms with E-state index in [1.165, 1.54) is 6.07 Å². The zero-order chi connectivity index (χ0) is 14.4. The molecule has 0 fully saturated rings. The minimum atomic E-state index is 0.0417. The predicted molar refractivity (Wildman–Crippen MR) is 87.9 cm³/mol. The van der Waals surface area contributed by atoms with E-state index in [0.29, 0.717) is 10.8 Å². The molecule has 20 heavy (non-hydrogen) atoms. The van der Waals surface area contributed by atoms with E-state index in [1.54, 1.807) is 18.3 Å². The van der Waals surface area contributed by atoms with E-state index >= 15 is 0 Å². The van der Waals surface area contributed by atoms with Crippen LogP contribution in [0.1, 0.15) is 5.56 Å². The fourth-order valence-corrected chi connectivity index (χ4v) is 1.90. The number of phenols is 1. The summed E-state index contributed by atoms with van der Waals surface area (Å²) >= 11 is 11.0. The number of nitrogens with one attached hydrogen (secondary N) is 2. The lowest BCUT2D eigenvalue weighted by atomic mass is 10.2. The van der Waals surface area contributed by atoms with E-state index in [0.717, 1.165) is 5.56 Å². The van der Waals surface area contributed by atoms with Crippen LogP contribution in [0, 0.1) is 0 Å². The van der Waals surface area contributed by atoms with Crippen molar-refractivity contribution in [3.63, 3.8) is 0 Å². The van der Waals surface area contributed by atoms with Crippen LogP contribution in [0.25, 0.3) is 6.08 Å². The van der Waals surface area contributed by atoms with Gasteiger partial charge in [0.25, 0.3) is 0 Å². The fraction of sp³-hybridized carbons (Fsp3) is 0. The van der Waals surface area contributed by atoms with Gasteiger partial charge in [0.15, 0.2) is 5.11 Å². The number of thiocarbonyl (C=S) groups is 1. The van der Waals surface area contributed by atoms with Crippen LogP contribution in [0.3, 0.4) is 0 Å². The molecule has 0 atom stereocenters. The number of hydrogen-bond donors (Lipinski definition) is 3. The first-order chi connectivity index (χ1) is 9.65. The van der Waals surface area contributed by atoms with Crippen molar-refractivity contribution in [1.82, 2.24) is 5.32 Å². The minimum Gasteiger partial charge on any atom is -0.506 e. The molecule has 2 aromatic rings. The van der Waals surface area contributed by atoms with E-state index in [2.05, 4.69) is 10.6 Å². The number of benzene rings is 2. The van der Waals surface area contributed by atoms with E-state index < -0.39 is 0 Å². The van der Waals surface area contributed by atoms with Crippen LogP contribution in [-0.4, -0.2) is 10.2 Å². The van der Waals surface area contributed by atoms with Gasteiger partial charge < -0.3 is 15.7 Å². The molecule has 0 heterocycles. The summed E-state index contributed by atoms with van der Waals surface area (Å²) in [4.78, 5) is 0. The monoisotopic (exact) mass is 304 g/mol. The van der Waals surface area contributed by atoms with Crippen molar-refractivity contribution in [2.75, 3.05) is 5.32 Å². The first-order valence-corrected chi connectivity index (χ1v) is 6.71. The molecule has 0 spiro atoms. The molecule has 2 rings (SSSR count). The maximum absolute atomic E-state index is 9.33. The summed E-state index contributed by atoms with van der Waals surface area (Å²) < 4.78 is 0. The Morgan fingerprint density at radius 3 is 2.60 bits per heavy atom. The summed E-state index contributed by atoms with van der Waals surface area (Å²) in [6, 6.07) is 14.7. The highest BCUT2D eigenvalue weighted by atomic mass is 35.5. The third kappa shape index (κ3) is 4.26. The van der Waals surface area contributed by atoms with Crippen LogP contribution in [-0.2, 0) is 0 Å². The quantitative estimate of drug-likeness (QED) is 0.592. The number of hydrogen-bond acceptors (Lipinski definition) is 2. The highest BCUT2D eigenvalue weighted by molar-refractivity contribution is 7.80. The molecule has 0 aliphatic heterocycles. The molecule has 0 aliphatic rings. The second-order valence-corrected chi connectivity index (χ2v) is 4.82. The lowest BCUT2D eigenvalue weighted by molar-refractivity contribution is 0.475. The topological polar surface area (TPSA) is 44.3 Å². The molecule has 0 bridgehead atoms. The van der Waals surface area contributed by atoms with Gasteiger partial charge in [-0.2, -0.15) is 0 Å². The SMILES string of the molecule is Oc1ccc(NC(=S)NC=Cc2ccccc2)cc1Cl. The molecular formula is C15H13ClN2OS. The largest absolute Gasteiger partial charge is 0.506 e. The molecule has 0 radical (unpaired) electrons. The average Bonchev–Trinajstić information content (AvgIpc) is 2.44.